The third-order valence-corrected chi connectivity index (χ3v) is 5.23. The van der Waals surface area contributed by atoms with Crippen LogP contribution in [0.2, 0.25) is 0 Å². The van der Waals surface area contributed by atoms with E-state index in [1.165, 1.54) is 24.4 Å². The highest BCUT2D eigenvalue weighted by molar-refractivity contribution is 5.43. The van der Waals surface area contributed by atoms with E-state index in [4.69, 9.17) is 11.5 Å². The summed E-state index contributed by atoms with van der Waals surface area (Å²) in [6, 6.07) is 5.46. The molecule has 9 heteroatoms. The first-order valence-corrected chi connectivity index (χ1v) is 8.27. The van der Waals surface area contributed by atoms with Crippen molar-refractivity contribution in [2.24, 2.45) is 17.6 Å². The summed E-state index contributed by atoms with van der Waals surface area (Å²) in [7, 11) is 0. The summed E-state index contributed by atoms with van der Waals surface area (Å²) in [5.74, 6) is 0.829. The Bertz CT molecular complexity index is 898. The number of alkyl halides is 3. The molecule has 3 atom stereocenters. The lowest BCUT2D eigenvalue weighted by molar-refractivity contribution is -0.138. The predicted octanol–water partition coefficient (Wildman–Crippen LogP) is 1.22. The molecule has 0 amide bonds. The van der Waals surface area contributed by atoms with Crippen molar-refractivity contribution in [2.75, 3.05) is 18.8 Å². The summed E-state index contributed by atoms with van der Waals surface area (Å²) >= 11 is 0. The maximum atomic E-state index is 13.6. The van der Waals surface area contributed by atoms with Crippen LogP contribution in [-0.4, -0.2) is 33.6 Å². The molecule has 2 aromatic rings. The van der Waals surface area contributed by atoms with Crippen LogP contribution in [0.4, 0.5) is 19.0 Å². The van der Waals surface area contributed by atoms with Gasteiger partial charge < -0.3 is 11.5 Å². The van der Waals surface area contributed by atoms with Crippen LogP contribution in [0.1, 0.15) is 11.1 Å². The van der Waals surface area contributed by atoms with Gasteiger partial charge in [-0.25, -0.2) is 4.79 Å². The number of rotatable bonds is 3. The van der Waals surface area contributed by atoms with Crippen molar-refractivity contribution in [3.05, 3.63) is 52.1 Å². The highest BCUT2D eigenvalue weighted by atomic mass is 19.4. The van der Waals surface area contributed by atoms with Crippen molar-refractivity contribution in [1.29, 1.82) is 0 Å². The number of nitrogens with zero attached hydrogens (tertiary/aromatic N) is 3. The summed E-state index contributed by atoms with van der Waals surface area (Å²) in [5, 5.41) is 0. The lowest BCUT2D eigenvalue weighted by Gasteiger charge is -2.22. The van der Waals surface area contributed by atoms with Gasteiger partial charge in [0.05, 0.1) is 11.3 Å². The second kappa shape index (κ2) is 5.82. The lowest BCUT2D eigenvalue weighted by atomic mass is 10.0. The summed E-state index contributed by atoms with van der Waals surface area (Å²) in [6.45, 7) is 1.67. The van der Waals surface area contributed by atoms with E-state index in [1.54, 1.807) is 0 Å². The van der Waals surface area contributed by atoms with Gasteiger partial charge in [0.2, 0.25) is 0 Å². The molecule has 1 unspecified atom stereocenters. The number of aromatic nitrogens is 2. The van der Waals surface area contributed by atoms with Gasteiger partial charge >= 0.3 is 11.9 Å². The third kappa shape index (κ3) is 2.97. The van der Waals surface area contributed by atoms with Crippen molar-refractivity contribution in [1.82, 2.24) is 14.5 Å². The lowest BCUT2D eigenvalue weighted by Crippen LogP contribution is -2.29. The second-order valence-electron chi connectivity index (χ2n) is 6.94. The first kappa shape index (κ1) is 17.0. The molecule has 0 radical (unpaired) electrons. The van der Waals surface area contributed by atoms with Crippen LogP contribution in [0.15, 0.2) is 35.3 Å². The fraction of sp³-hybridized carbons (Fsp3) is 0.412. The van der Waals surface area contributed by atoms with Gasteiger partial charge in [0.15, 0.2) is 0 Å². The molecule has 1 aromatic carbocycles. The Morgan fingerprint density at radius 1 is 1.19 bits per heavy atom. The van der Waals surface area contributed by atoms with Crippen LogP contribution in [-0.2, 0) is 12.7 Å². The molecule has 1 saturated heterocycles. The zero-order chi connectivity index (χ0) is 18.6. The Morgan fingerprint density at radius 2 is 1.88 bits per heavy atom. The van der Waals surface area contributed by atoms with Crippen molar-refractivity contribution in [3.8, 4) is 5.69 Å². The Balaban J connectivity index is 1.66. The third-order valence-electron chi connectivity index (χ3n) is 5.23. The van der Waals surface area contributed by atoms with E-state index in [1.807, 2.05) is 4.90 Å². The Labute approximate surface area is 147 Å². The number of benzene rings is 1. The van der Waals surface area contributed by atoms with Gasteiger partial charge in [-0.1, -0.05) is 6.07 Å². The van der Waals surface area contributed by atoms with Gasteiger partial charge in [0.1, 0.15) is 5.82 Å². The molecular formula is C17H18F3N5O. The molecule has 2 heterocycles. The van der Waals surface area contributed by atoms with E-state index in [9.17, 15) is 18.0 Å². The van der Waals surface area contributed by atoms with Crippen LogP contribution >= 0.6 is 0 Å². The van der Waals surface area contributed by atoms with E-state index in [0.717, 1.165) is 23.7 Å². The Morgan fingerprint density at radius 3 is 2.50 bits per heavy atom. The molecular weight excluding hydrogens is 347 g/mol. The number of hydrogen-bond donors (Lipinski definition) is 2. The van der Waals surface area contributed by atoms with E-state index >= 15 is 0 Å². The SMILES string of the molecule is Nc1ccn(-c2ccc(CN3C[C@@H]4C(N)[C@@H]4C3)c(C(F)(F)F)c2)c(=O)n1. The number of piperidine rings is 1. The van der Waals surface area contributed by atoms with Crippen LogP contribution in [0.25, 0.3) is 5.69 Å². The van der Waals surface area contributed by atoms with Gasteiger partial charge in [0.25, 0.3) is 0 Å². The zero-order valence-electron chi connectivity index (χ0n) is 13.8. The smallest absolute Gasteiger partial charge is 0.383 e. The quantitative estimate of drug-likeness (QED) is 0.854. The highest BCUT2D eigenvalue weighted by Crippen LogP contribution is 2.44. The minimum absolute atomic E-state index is 0.0183. The monoisotopic (exact) mass is 365 g/mol. The van der Waals surface area contributed by atoms with E-state index in [-0.39, 0.29) is 29.7 Å². The van der Waals surface area contributed by atoms with Crippen LogP contribution < -0.4 is 17.2 Å². The van der Waals surface area contributed by atoms with E-state index in [0.29, 0.717) is 11.8 Å². The summed E-state index contributed by atoms with van der Waals surface area (Å²) in [6.07, 6.45) is -3.20. The largest absolute Gasteiger partial charge is 0.416 e. The fourth-order valence-corrected chi connectivity index (χ4v) is 3.76. The van der Waals surface area contributed by atoms with Gasteiger partial charge in [-0.2, -0.15) is 18.2 Å². The summed E-state index contributed by atoms with van der Waals surface area (Å²) in [4.78, 5) is 17.5. The highest BCUT2D eigenvalue weighted by Gasteiger charge is 2.53. The second-order valence-corrected chi connectivity index (χ2v) is 6.94. The molecule has 4 rings (SSSR count). The standard InChI is InChI=1S/C17H18F3N5O/c18-17(19,20)13-5-10(25-4-3-14(21)23-16(25)26)2-1-9(13)6-24-7-11-12(8-24)15(11)22/h1-5,11-12,15H,6-8,22H2,(H2,21,23,26)/t11-,12+,15?. The molecule has 1 aromatic heterocycles. The maximum absolute atomic E-state index is 13.6. The molecule has 2 fully saturated rings. The minimum Gasteiger partial charge on any atom is -0.383 e. The Hall–Kier alpha value is -2.39. The number of anilines is 1. The van der Waals surface area contributed by atoms with Crippen molar-refractivity contribution < 1.29 is 13.2 Å². The number of nitrogens with two attached hydrogens (primary N) is 2. The number of nitrogen functional groups attached to an aromatic ring is 1. The number of halogens is 3. The summed E-state index contributed by atoms with van der Waals surface area (Å²) < 4.78 is 41.7. The molecule has 26 heavy (non-hydrogen) atoms. The number of likely N-dealkylation sites (tertiary alicyclic amines) is 1. The molecule has 2 aliphatic rings. The molecule has 0 spiro atoms. The normalized spacial score (nSPS) is 25.3. The Kier molecular flexibility index (Phi) is 3.81. The summed E-state index contributed by atoms with van der Waals surface area (Å²) in [5.41, 5.74) is 10.1. The first-order valence-electron chi connectivity index (χ1n) is 8.27. The predicted molar refractivity (Wildman–Crippen MR) is 89.5 cm³/mol. The molecule has 4 N–H and O–H groups in total. The molecule has 1 aliphatic heterocycles. The molecule has 6 nitrogen and oxygen atoms in total. The van der Waals surface area contributed by atoms with Crippen molar-refractivity contribution >= 4 is 5.82 Å². The van der Waals surface area contributed by atoms with Gasteiger partial charge in [-0.3, -0.25) is 9.47 Å². The van der Waals surface area contributed by atoms with Gasteiger partial charge in [0, 0.05) is 31.9 Å². The van der Waals surface area contributed by atoms with Crippen molar-refractivity contribution in [2.45, 2.75) is 18.8 Å². The molecule has 1 saturated carbocycles. The van der Waals surface area contributed by atoms with Gasteiger partial charge in [-0.15, -0.1) is 0 Å². The number of fused-ring (bicyclic) bond motifs is 1. The number of hydrogen-bond acceptors (Lipinski definition) is 5. The van der Waals surface area contributed by atoms with Crippen LogP contribution in [0.3, 0.4) is 0 Å². The van der Waals surface area contributed by atoms with Crippen LogP contribution in [0.5, 0.6) is 0 Å². The van der Waals surface area contributed by atoms with E-state index < -0.39 is 17.4 Å². The van der Waals surface area contributed by atoms with Gasteiger partial charge in [-0.05, 0) is 35.6 Å². The molecule has 1 aliphatic carbocycles. The molecule has 138 valence electrons. The average molecular weight is 365 g/mol. The topological polar surface area (TPSA) is 90.2 Å². The molecule has 0 bridgehead atoms. The van der Waals surface area contributed by atoms with Crippen LogP contribution in [0, 0.1) is 11.8 Å². The minimum atomic E-state index is -4.52. The fourth-order valence-electron chi connectivity index (χ4n) is 3.76. The van der Waals surface area contributed by atoms with E-state index in [2.05, 4.69) is 4.98 Å². The average Bonchev–Trinajstić information content (AvgIpc) is 2.97. The first-order chi connectivity index (χ1) is 12.2. The zero-order valence-corrected chi connectivity index (χ0v) is 13.8. The van der Waals surface area contributed by atoms with Crippen molar-refractivity contribution in [3.63, 3.8) is 0 Å². The maximum Gasteiger partial charge on any atom is 0.416 e.